The monoisotopic (exact) mass is 217 g/mol. The number of quaternary nitrogens is 1. The summed E-state index contributed by atoms with van der Waals surface area (Å²) in [4.78, 5) is 0. The molecule has 0 fully saturated rings. The number of nitrogens with two attached hydrogens (primary N) is 1. The second-order valence-electron chi connectivity index (χ2n) is 2.87. The molecule has 0 aliphatic carbocycles. The van der Waals surface area contributed by atoms with Crippen LogP contribution in [0.3, 0.4) is 0 Å². The Balaban J connectivity index is 2.42. The van der Waals surface area contributed by atoms with Crippen molar-refractivity contribution in [1.82, 2.24) is 0 Å². The first kappa shape index (κ1) is 11.4. The molecule has 0 aliphatic rings. The Kier molecular flexibility index (Phi) is 4.87. The molecule has 78 valence electrons. The smallest absolute Gasteiger partial charge is 0.130 e. The lowest BCUT2D eigenvalue weighted by Gasteiger charge is -2.05. The van der Waals surface area contributed by atoms with Crippen molar-refractivity contribution in [3.63, 3.8) is 0 Å². The van der Waals surface area contributed by atoms with Gasteiger partial charge in [0.05, 0.1) is 19.8 Å². The van der Waals surface area contributed by atoms with Gasteiger partial charge in [0.2, 0.25) is 0 Å². The molecule has 4 heteroatoms. The van der Waals surface area contributed by atoms with Crippen LogP contribution in [0.5, 0.6) is 0 Å². The molecule has 2 N–H and O–H groups in total. The highest BCUT2D eigenvalue weighted by Gasteiger charge is 2.02. The quantitative estimate of drug-likeness (QED) is 0.585. The zero-order chi connectivity index (χ0) is 10.4. The minimum atomic E-state index is -0.323. The summed E-state index contributed by atoms with van der Waals surface area (Å²) >= 11 is 5.61. The maximum atomic E-state index is 13.2. The van der Waals surface area contributed by atoms with Crippen LogP contribution in [0.25, 0.3) is 0 Å². The molecule has 1 aromatic rings. The van der Waals surface area contributed by atoms with Gasteiger partial charge in [0.25, 0.3) is 0 Å². The van der Waals surface area contributed by atoms with Crippen molar-refractivity contribution in [1.29, 1.82) is 0 Å². The molecule has 0 saturated heterocycles. The molecule has 14 heavy (non-hydrogen) atoms. The van der Waals surface area contributed by atoms with Crippen LogP contribution in [0.1, 0.15) is 5.56 Å². The molecular weight excluding hydrogens is 205 g/mol. The fourth-order valence-electron chi connectivity index (χ4n) is 0.988. The van der Waals surface area contributed by atoms with Crippen LogP contribution in [-0.2, 0) is 11.3 Å². The van der Waals surface area contributed by atoms with Gasteiger partial charge >= 0.3 is 0 Å². The first-order valence-electron chi connectivity index (χ1n) is 4.36. The van der Waals surface area contributed by atoms with E-state index in [0.29, 0.717) is 17.2 Å². The van der Waals surface area contributed by atoms with Gasteiger partial charge in [-0.15, -0.1) is 0 Å². The second kappa shape index (κ2) is 5.96. The molecule has 0 spiro atoms. The van der Waals surface area contributed by atoms with Gasteiger partial charge in [0.15, 0.2) is 0 Å². The number of ether oxygens (including phenoxy) is 1. The third kappa shape index (κ3) is 3.62. The van der Waals surface area contributed by atoms with Crippen LogP contribution < -0.4 is 5.32 Å². The normalized spacial score (nSPS) is 10.5. The molecule has 0 bridgehead atoms. The Morgan fingerprint density at radius 3 is 2.93 bits per heavy atom. The first-order chi connectivity index (χ1) is 6.74. The van der Waals surface area contributed by atoms with E-state index in [-0.39, 0.29) is 12.4 Å². The summed E-state index contributed by atoms with van der Waals surface area (Å²) in [5, 5.41) is 2.16. The molecule has 0 heterocycles. The van der Waals surface area contributed by atoms with Gasteiger partial charge in [0, 0.05) is 10.6 Å². The molecule has 0 radical (unpaired) electrons. The Bertz CT molecular complexity index is 293. The number of halogens is 2. The Morgan fingerprint density at radius 2 is 2.29 bits per heavy atom. The average molecular weight is 218 g/mol. The predicted molar refractivity (Wildman–Crippen MR) is 53.2 cm³/mol. The first-order valence-corrected chi connectivity index (χ1v) is 4.74. The third-order valence-corrected chi connectivity index (χ3v) is 1.97. The second-order valence-corrected chi connectivity index (χ2v) is 3.30. The lowest BCUT2D eigenvalue weighted by molar-refractivity contribution is -0.597. The molecule has 1 rings (SSSR count). The van der Waals surface area contributed by atoms with Crippen molar-refractivity contribution in [2.24, 2.45) is 0 Å². The fourth-order valence-corrected chi connectivity index (χ4v) is 1.15. The zero-order valence-electron chi connectivity index (χ0n) is 7.80. The minimum absolute atomic E-state index is 0.275. The molecule has 0 atom stereocenters. The summed E-state index contributed by atoms with van der Waals surface area (Å²) in [6.45, 7) is 1.61. The van der Waals surface area contributed by atoms with Crippen molar-refractivity contribution < 1.29 is 14.4 Å². The van der Waals surface area contributed by atoms with Crippen LogP contribution in [0.2, 0.25) is 5.02 Å². The molecule has 0 aliphatic heterocycles. The largest absolute Gasteiger partial charge is 0.477 e. The number of hydrogen-bond acceptors (Lipinski definition) is 1. The predicted octanol–water partition coefficient (Wildman–Crippen LogP) is 1.35. The van der Waals surface area contributed by atoms with E-state index < -0.39 is 0 Å². The lowest BCUT2D eigenvalue weighted by Crippen LogP contribution is -2.78. The summed E-state index contributed by atoms with van der Waals surface area (Å²) in [6, 6.07) is 4.57. The molecule has 2 nitrogen and oxygen atoms in total. The Morgan fingerprint density at radius 1 is 1.50 bits per heavy atom. The van der Waals surface area contributed by atoms with E-state index in [9.17, 15) is 4.39 Å². The summed E-state index contributed by atoms with van der Waals surface area (Å²) in [5.41, 5.74) is 0.526. The molecular formula is C10H13ClFNO. The van der Waals surface area contributed by atoms with E-state index in [4.69, 9.17) is 16.3 Å². The van der Waals surface area contributed by atoms with Gasteiger partial charge in [-0.1, -0.05) is 17.7 Å². The topological polar surface area (TPSA) is 25.8 Å². The highest BCUT2D eigenvalue weighted by Crippen LogP contribution is 2.14. The van der Waals surface area contributed by atoms with E-state index in [1.807, 2.05) is 0 Å². The highest BCUT2D eigenvalue weighted by molar-refractivity contribution is 6.30. The number of benzene rings is 1. The van der Waals surface area contributed by atoms with Crippen molar-refractivity contribution in [3.8, 4) is 0 Å². The van der Waals surface area contributed by atoms with Gasteiger partial charge in [-0.25, -0.2) is 4.39 Å². The van der Waals surface area contributed by atoms with Crippen LogP contribution in [-0.4, -0.2) is 13.2 Å². The van der Waals surface area contributed by atoms with E-state index in [1.165, 1.54) is 6.07 Å². The highest BCUT2D eigenvalue weighted by atomic mass is 35.5. The van der Waals surface area contributed by atoms with Crippen molar-refractivity contribution >= 4 is 11.6 Å². The summed E-state index contributed by atoms with van der Waals surface area (Å²) in [7, 11) is 3.56. The van der Waals surface area contributed by atoms with Crippen LogP contribution in [0, 0.1) is 12.9 Å². The molecule has 0 unspecified atom stereocenters. The van der Waals surface area contributed by atoms with E-state index >= 15 is 0 Å². The van der Waals surface area contributed by atoms with E-state index in [0.717, 1.165) is 6.54 Å². The summed E-state index contributed by atoms with van der Waals surface area (Å²) in [5.74, 6) is -0.323. The fraction of sp³-hybridized carbons (Fsp3) is 0.300. The minimum Gasteiger partial charge on any atom is -0.477 e. The van der Waals surface area contributed by atoms with Gasteiger partial charge in [-0.2, -0.15) is 7.05 Å². The number of hydrogen-bond donors (Lipinski definition) is 1. The van der Waals surface area contributed by atoms with Crippen LogP contribution in [0.4, 0.5) is 4.39 Å². The SMILES string of the molecule is [CH2-][NH2+]CCOCc1ccc(Cl)cc1F. The van der Waals surface area contributed by atoms with Gasteiger partial charge in [-0.05, 0) is 12.1 Å². The van der Waals surface area contributed by atoms with Crippen molar-refractivity contribution in [2.75, 3.05) is 13.2 Å². The maximum Gasteiger partial charge on any atom is 0.130 e. The van der Waals surface area contributed by atoms with Gasteiger partial charge in [0.1, 0.15) is 5.82 Å². The average Bonchev–Trinajstić information content (AvgIpc) is 2.15. The lowest BCUT2D eigenvalue weighted by atomic mass is 10.2. The maximum absolute atomic E-state index is 13.2. The molecule has 1 aromatic carbocycles. The van der Waals surface area contributed by atoms with Crippen LogP contribution in [0.15, 0.2) is 18.2 Å². The summed E-state index contributed by atoms with van der Waals surface area (Å²) < 4.78 is 18.4. The zero-order valence-corrected chi connectivity index (χ0v) is 8.56. The third-order valence-electron chi connectivity index (χ3n) is 1.74. The molecule has 0 amide bonds. The van der Waals surface area contributed by atoms with E-state index in [2.05, 4.69) is 7.05 Å². The summed E-state index contributed by atoms with van der Waals surface area (Å²) in [6.07, 6.45) is 0. The van der Waals surface area contributed by atoms with Crippen LogP contribution >= 0.6 is 11.6 Å². The number of rotatable bonds is 5. The van der Waals surface area contributed by atoms with Crippen molar-refractivity contribution in [2.45, 2.75) is 6.61 Å². The van der Waals surface area contributed by atoms with Gasteiger partial charge in [-0.3, -0.25) is 0 Å². The Hall–Kier alpha value is -0.640. The van der Waals surface area contributed by atoms with Crippen molar-refractivity contribution in [3.05, 3.63) is 41.7 Å². The molecule has 0 saturated carbocycles. The molecule has 0 aromatic heterocycles. The standard InChI is InChI=1S/C10H13ClFNO/c1-13-4-5-14-7-8-2-3-9(11)6-10(8)12/h2-3,6H,1,4-5,7,13H2. The van der Waals surface area contributed by atoms with Gasteiger partial charge < -0.3 is 10.1 Å². The van der Waals surface area contributed by atoms with E-state index in [1.54, 1.807) is 17.4 Å². The Labute approximate surface area is 88.0 Å².